The summed E-state index contributed by atoms with van der Waals surface area (Å²) < 4.78 is 89.2. The van der Waals surface area contributed by atoms with Gasteiger partial charge in [-0.25, -0.2) is 0 Å². The van der Waals surface area contributed by atoms with Gasteiger partial charge in [0.05, 0.1) is 23.5 Å². The number of alkyl halides is 6. The zero-order valence-electron chi connectivity index (χ0n) is 17.3. The normalized spacial score (nSPS) is 17.9. The highest BCUT2D eigenvalue weighted by Crippen LogP contribution is 2.38. The molecule has 1 unspecified atom stereocenters. The first-order chi connectivity index (χ1) is 15.4. The lowest BCUT2D eigenvalue weighted by atomic mass is 10.0. The van der Waals surface area contributed by atoms with Gasteiger partial charge in [-0.1, -0.05) is 23.9 Å². The van der Waals surface area contributed by atoms with Gasteiger partial charge >= 0.3 is 12.4 Å². The quantitative estimate of drug-likeness (QED) is 0.572. The highest BCUT2D eigenvalue weighted by Gasteiger charge is 2.38. The van der Waals surface area contributed by atoms with E-state index in [-0.39, 0.29) is 23.5 Å². The molecule has 2 aromatic carbocycles. The summed E-state index contributed by atoms with van der Waals surface area (Å²) in [5.41, 5.74) is -2.56. The number of thioether (sulfide) groups is 1. The molecule has 0 radical (unpaired) electrons. The minimum absolute atomic E-state index is 0.0667. The number of halogens is 6. The van der Waals surface area contributed by atoms with Gasteiger partial charge in [0, 0.05) is 12.6 Å². The van der Waals surface area contributed by atoms with Crippen LogP contribution in [0.3, 0.4) is 0 Å². The lowest BCUT2D eigenvalue weighted by molar-refractivity contribution is -0.143. The Morgan fingerprint density at radius 1 is 1.03 bits per heavy atom. The Hall–Kier alpha value is -2.89. The van der Waals surface area contributed by atoms with Crippen molar-refractivity contribution in [1.82, 2.24) is 5.32 Å². The number of aliphatic imine (C=N–C) groups is 1. The molecule has 1 amide bonds. The Kier molecular flexibility index (Phi) is 7.15. The molecule has 0 saturated carbocycles. The molecular weight excluding hydrogens is 474 g/mol. The number of amides is 1. The van der Waals surface area contributed by atoms with Crippen LogP contribution in [0.25, 0.3) is 0 Å². The minimum atomic E-state index is -4.99. The number of hydrogen-bond donors (Lipinski definition) is 1. The van der Waals surface area contributed by atoms with Crippen LogP contribution in [0.4, 0.5) is 26.3 Å². The fraction of sp³-hybridized carbons (Fsp3) is 0.333. The molecular formula is C21H18F6N2O3S. The molecule has 0 aromatic heterocycles. The summed E-state index contributed by atoms with van der Waals surface area (Å²) >= 11 is 1.28. The van der Waals surface area contributed by atoms with Gasteiger partial charge in [-0.3, -0.25) is 9.79 Å². The first kappa shape index (κ1) is 24.7. The van der Waals surface area contributed by atoms with Crippen LogP contribution < -0.4 is 14.8 Å². The third-order valence-corrected chi connectivity index (χ3v) is 5.93. The number of nitrogens with one attached hydrogen (secondary N) is 1. The van der Waals surface area contributed by atoms with Gasteiger partial charge in [0.1, 0.15) is 6.61 Å². The maximum atomic E-state index is 13.3. The van der Waals surface area contributed by atoms with Crippen LogP contribution in [0, 0.1) is 0 Å². The van der Waals surface area contributed by atoms with Crippen molar-refractivity contribution in [3.63, 3.8) is 0 Å². The highest BCUT2D eigenvalue weighted by molar-refractivity contribution is 8.15. The van der Waals surface area contributed by atoms with Crippen molar-refractivity contribution in [2.75, 3.05) is 14.2 Å². The Morgan fingerprint density at radius 2 is 1.76 bits per heavy atom. The first-order valence-corrected chi connectivity index (χ1v) is 10.3. The number of carbonyl (C=O) groups excluding carboxylic acids is 1. The molecule has 12 heteroatoms. The number of nitrogens with zero attached hydrogens (tertiary/aromatic N) is 1. The molecule has 0 aliphatic carbocycles. The number of ether oxygens (including phenoxy) is 2. The molecule has 33 heavy (non-hydrogen) atoms. The van der Waals surface area contributed by atoms with E-state index in [0.29, 0.717) is 17.7 Å². The second-order valence-corrected chi connectivity index (χ2v) is 8.16. The Morgan fingerprint density at radius 3 is 2.33 bits per heavy atom. The monoisotopic (exact) mass is 492 g/mol. The topological polar surface area (TPSA) is 59.9 Å². The molecule has 3 rings (SSSR count). The maximum absolute atomic E-state index is 13.3. The van der Waals surface area contributed by atoms with Gasteiger partial charge in [0.25, 0.3) is 0 Å². The van der Waals surface area contributed by atoms with E-state index in [1.807, 2.05) is 0 Å². The van der Waals surface area contributed by atoms with E-state index in [9.17, 15) is 31.1 Å². The first-order valence-electron chi connectivity index (χ1n) is 9.43. The molecule has 1 heterocycles. The molecule has 5 nitrogen and oxygen atoms in total. The van der Waals surface area contributed by atoms with Crippen LogP contribution in [0.1, 0.15) is 22.3 Å². The van der Waals surface area contributed by atoms with Crippen LogP contribution in [-0.4, -0.2) is 30.5 Å². The molecule has 1 fully saturated rings. The van der Waals surface area contributed by atoms with Gasteiger partial charge in [0.15, 0.2) is 16.7 Å². The average molecular weight is 492 g/mol. The second-order valence-electron chi connectivity index (χ2n) is 6.97. The molecule has 1 aliphatic rings. The Bertz CT molecular complexity index is 1070. The number of amidine groups is 1. The summed E-state index contributed by atoms with van der Waals surface area (Å²) in [6, 6.07) is 6.07. The fourth-order valence-corrected chi connectivity index (χ4v) is 4.09. The van der Waals surface area contributed by atoms with Gasteiger partial charge in [-0.05, 0) is 36.2 Å². The van der Waals surface area contributed by atoms with Crippen LogP contribution in [0.2, 0.25) is 0 Å². The Balaban J connectivity index is 1.78. The number of carbonyl (C=O) groups is 1. The van der Waals surface area contributed by atoms with E-state index in [0.717, 1.165) is 11.6 Å². The number of rotatable bonds is 6. The SMILES string of the molecule is CN=C1NC(=O)C(Cc2ccc(OCc3ccc(C(F)(F)F)cc3C(F)(F)F)c(OC)c2)S1. The van der Waals surface area contributed by atoms with Crippen molar-refractivity contribution in [1.29, 1.82) is 0 Å². The smallest absolute Gasteiger partial charge is 0.416 e. The minimum Gasteiger partial charge on any atom is -0.493 e. The summed E-state index contributed by atoms with van der Waals surface area (Å²) in [6.45, 7) is -0.625. The third kappa shape index (κ3) is 5.92. The molecule has 178 valence electrons. The van der Waals surface area contributed by atoms with E-state index in [1.54, 1.807) is 19.2 Å². The van der Waals surface area contributed by atoms with Crippen LogP contribution >= 0.6 is 11.8 Å². The summed E-state index contributed by atoms with van der Waals surface area (Å²) in [6.07, 6.45) is -9.55. The van der Waals surface area contributed by atoms with Gasteiger partial charge in [-0.15, -0.1) is 0 Å². The predicted molar refractivity (Wildman–Crippen MR) is 110 cm³/mol. The zero-order chi connectivity index (χ0) is 24.4. The van der Waals surface area contributed by atoms with E-state index < -0.39 is 40.9 Å². The largest absolute Gasteiger partial charge is 0.493 e. The maximum Gasteiger partial charge on any atom is 0.416 e. The number of methoxy groups -OCH3 is 1. The lowest BCUT2D eigenvalue weighted by Crippen LogP contribution is -2.25. The molecule has 1 atom stereocenters. The van der Waals surface area contributed by atoms with Crippen LogP contribution in [0.5, 0.6) is 11.5 Å². The summed E-state index contributed by atoms with van der Waals surface area (Å²) in [5, 5.41) is 2.75. The van der Waals surface area contributed by atoms with Crippen LogP contribution in [-0.2, 0) is 30.2 Å². The molecule has 2 aromatic rings. The highest BCUT2D eigenvalue weighted by atomic mass is 32.2. The predicted octanol–water partition coefficient (Wildman–Crippen LogP) is 5.07. The molecule has 1 aliphatic heterocycles. The standard InChI is InChI=1S/C21H18F6N2O3S/c1-28-19-29-18(30)17(33-19)8-11-3-6-15(16(7-11)31-2)32-10-12-4-5-13(20(22,23)24)9-14(12)21(25,26)27/h3-7,9,17H,8,10H2,1-2H3,(H,28,29,30). The van der Waals surface area contributed by atoms with Crippen molar-refractivity contribution < 1.29 is 40.6 Å². The number of benzene rings is 2. The Labute approximate surface area is 189 Å². The van der Waals surface area contributed by atoms with Crippen molar-refractivity contribution in [3.05, 3.63) is 58.7 Å². The lowest BCUT2D eigenvalue weighted by Gasteiger charge is -2.17. The summed E-state index contributed by atoms with van der Waals surface area (Å²) in [7, 11) is 2.89. The van der Waals surface area contributed by atoms with Gasteiger partial charge < -0.3 is 14.8 Å². The third-order valence-electron chi connectivity index (χ3n) is 4.75. The van der Waals surface area contributed by atoms with E-state index >= 15 is 0 Å². The summed E-state index contributed by atoms with van der Waals surface area (Å²) in [5.74, 6) is 0.122. The summed E-state index contributed by atoms with van der Waals surface area (Å²) in [4.78, 5) is 15.9. The van der Waals surface area contributed by atoms with Gasteiger partial charge in [-0.2, -0.15) is 26.3 Å². The second kappa shape index (κ2) is 9.54. The van der Waals surface area contributed by atoms with E-state index in [1.165, 1.54) is 24.9 Å². The van der Waals surface area contributed by atoms with E-state index in [4.69, 9.17) is 9.47 Å². The molecule has 1 saturated heterocycles. The van der Waals surface area contributed by atoms with Crippen molar-refractivity contribution in [3.8, 4) is 11.5 Å². The van der Waals surface area contributed by atoms with Crippen molar-refractivity contribution in [2.24, 2.45) is 4.99 Å². The molecule has 1 N–H and O–H groups in total. The zero-order valence-corrected chi connectivity index (χ0v) is 18.1. The van der Waals surface area contributed by atoms with Crippen LogP contribution in [0.15, 0.2) is 41.4 Å². The van der Waals surface area contributed by atoms with Gasteiger partial charge in [0.2, 0.25) is 5.91 Å². The molecule has 0 bridgehead atoms. The molecule has 0 spiro atoms. The van der Waals surface area contributed by atoms with Crippen molar-refractivity contribution in [2.45, 2.75) is 30.6 Å². The van der Waals surface area contributed by atoms with E-state index in [2.05, 4.69) is 10.3 Å². The van der Waals surface area contributed by atoms with Crippen molar-refractivity contribution >= 4 is 22.8 Å². The number of hydrogen-bond acceptors (Lipinski definition) is 5. The fourth-order valence-electron chi connectivity index (χ4n) is 3.12. The average Bonchev–Trinajstić information content (AvgIpc) is 3.10.